The van der Waals surface area contributed by atoms with Crippen LogP contribution in [0.3, 0.4) is 0 Å². The molecule has 174 valence electrons. The molecule has 5 fully saturated rings. The van der Waals surface area contributed by atoms with Crippen molar-refractivity contribution in [2.24, 2.45) is 0 Å². The van der Waals surface area contributed by atoms with Crippen molar-refractivity contribution in [3.05, 3.63) is 17.7 Å². The predicted octanol–water partition coefficient (Wildman–Crippen LogP) is 0.259. The molecule has 0 bridgehead atoms. The second-order valence-corrected chi connectivity index (χ2v) is 8.69. The summed E-state index contributed by atoms with van der Waals surface area (Å²) in [4.78, 5) is 15.4. The summed E-state index contributed by atoms with van der Waals surface area (Å²) in [5.41, 5.74) is 0.425. The SMILES string of the molecule is O=C(c1ccc(OCC2CO2)c(OCC2CO2)c1OCC1CO1)N(CC1CO1)CC1CO1. The van der Waals surface area contributed by atoms with E-state index in [1.807, 2.05) is 0 Å². The molecule has 5 aliphatic rings. The van der Waals surface area contributed by atoms with Crippen LogP contribution < -0.4 is 14.2 Å². The maximum absolute atomic E-state index is 13.6. The van der Waals surface area contributed by atoms with Crippen LogP contribution >= 0.6 is 0 Å². The zero-order chi connectivity index (χ0) is 21.5. The van der Waals surface area contributed by atoms with Crippen LogP contribution in [0.2, 0.25) is 0 Å². The Kier molecular flexibility index (Phi) is 5.56. The van der Waals surface area contributed by atoms with E-state index >= 15 is 0 Å². The summed E-state index contributed by atoms with van der Waals surface area (Å²) in [6.45, 7) is 5.49. The first-order valence-electron chi connectivity index (χ1n) is 11.2. The first-order chi connectivity index (χ1) is 15.7. The standard InChI is InChI=1S/C22H27NO9/c24-22(23(3-13-5-25-13)4-14-6-26-14)18-1-2-19(30-10-15-7-27-15)21(32-12-17-9-29-17)20(18)31-11-16-8-28-16/h1-2,13-17H,3-12H2. The first-order valence-corrected chi connectivity index (χ1v) is 11.2. The van der Waals surface area contributed by atoms with Crippen molar-refractivity contribution in [1.29, 1.82) is 0 Å². The quantitative estimate of drug-likeness (QED) is 0.369. The van der Waals surface area contributed by atoms with Crippen molar-refractivity contribution < 1.29 is 42.7 Å². The third-order valence-corrected chi connectivity index (χ3v) is 5.71. The van der Waals surface area contributed by atoms with Crippen molar-refractivity contribution in [3.63, 3.8) is 0 Å². The molecule has 10 nitrogen and oxygen atoms in total. The number of hydrogen-bond acceptors (Lipinski definition) is 9. The van der Waals surface area contributed by atoms with Crippen LogP contribution in [0.15, 0.2) is 12.1 Å². The normalized spacial score (nSPS) is 30.9. The lowest BCUT2D eigenvalue weighted by Crippen LogP contribution is -2.37. The number of carbonyl (C=O) groups is 1. The van der Waals surface area contributed by atoms with Crippen LogP contribution in [-0.4, -0.2) is 107 Å². The summed E-state index contributed by atoms with van der Waals surface area (Å²) in [6.07, 6.45) is 0.311. The number of epoxide rings is 5. The molecular formula is C22H27NO9. The zero-order valence-electron chi connectivity index (χ0n) is 17.7. The molecule has 0 aliphatic carbocycles. The summed E-state index contributed by atoms with van der Waals surface area (Å²) in [6, 6.07) is 3.50. The van der Waals surface area contributed by atoms with Gasteiger partial charge in [0.2, 0.25) is 5.75 Å². The first kappa shape index (κ1) is 20.5. The Balaban J connectivity index is 1.29. The van der Waals surface area contributed by atoms with Gasteiger partial charge in [0.15, 0.2) is 11.5 Å². The summed E-state index contributed by atoms with van der Waals surface area (Å²) in [5, 5.41) is 0. The molecule has 6 rings (SSSR count). The Morgan fingerprint density at radius 1 is 0.719 bits per heavy atom. The number of nitrogens with zero attached hydrogens (tertiary/aromatic N) is 1. The van der Waals surface area contributed by atoms with Crippen molar-refractivity contribution >= 4 is 5.91 Å². The molecule has 0 N–H and O–H groups in total. The Labute approximate surface area is 185 Å². The van der Waals surface area contributed by atoms with Gasteiger partial charge >= 0.3 is 0 Å². The molecule has 0 aromatic heterocycles. The minimum Gasteiger partial charge on any atom is -0.487 e. The lowest BCUT2D eigenvalue weighted by molar-refractivity contribution is 0.0723. The molecule has 5 atom stereocenters. The Hall–Kier alpha value is -2.11. The fourth-order valence-electron chi connectivity index (χ4n) is 3.38. The van der Waals surface area contributed by atoms with Gasteiger partial charge in [-0.1, -0.05) is 0 Å². The highest BCUT2D eigenvalue weighted by Gasteiger charge is 2.36. The van der Waals surface area contributed by atoms with Gasteiger partial charge in [0, 0.05) is 13.1 Å². The molecule has 0 radical (unpaired) electrons. The number of ether oxygens (including phenoxy) is 8. The monoisotopic (exact) mass is 449 g/mol. The van der Waals surface area contributed by atoms with Gasteiger partial charge in [0.05, 0.1) is 50.8 Å². The summed E-state index contributed by atoms with van der Waals surface area (Å²) in [5.74, 6) is 1.16. The second-order valence-electron chi connectivity index (χ2n) is 8.69. The predicted molar refractivity (Wildman–Crippen MR) is 108 cm³/mol. The van der Waals surface area contributed by atoms with E-state index in [9.17, 15) is 4.79 Å². The molecule has 1 aromatic rings. The lowest BCUT2D eigenvalue weighted by atomic mass is 10.1. The van der Waals surface area contributed by atoms with Crippen LogP contribution in [0.1, 0.15) is 10.4 Å². The highest BCUT2D eigenvalue weighted by molar-refractivity contribution is 5.98. The fraction of sp³-hybridized carbons (Fsp3) is 0.682. The molecule has 5 saturated heterocycles. The molecule has 0 spiro atoms. The molecule has 1 amide bonds. The molecule has 5 aliphatic heterocycles. The van der Waals surface area contributed by atoms with E-state index in [1.54, 1.807) is 17.0 Å². The van der Waals surface area contributed by atoms with E-state index in [-0.39, 0.29) is 36.4 Å². The van der Waals surface area contributed by atoms with Crippen LogP contribution in [0, 0.1) is 0 Å². The summed E-state index contributed by atoms with van der Waals surface area (Å²) < 4.78 is 44.7. The van der Waals surface area contributed by atoms with Crippen LogP contribution in [0.5, 0.6) is 17.2 Å². The van der Waals surface area contributed by atoms with Gasteiger partial charge in [-0.15, -0.1) is 0 Å². The smallest absolute Gasteiger partial charge is 0.257 e. The van der Waals surface area contributed by atoms with Crippen molar-refractivity contribution in [1.82, 2.24) is 4.90 Å². The number of benzene rings is 1. The lowest BCUT2D eigenvalue weighted by Gasteiger charge is -2.24. The van der Waals surface area contributed by atoms with Crippen LogP contribution in [-0.2, 0) is 23.7 Å². The summed E-state index contributed by atoms with van der Waals surface area (Å²) >= 11 is 0. The second kappa shape index (κ2) is 8.68. The van der Waals surface area contributed by atoms with Gasteiger partial charge < -0.3 is 42.8 Å². The van der Waals surface area contributed by atoms with Crippen molar-refractivity contribution in [3.8, 4) is 17.2 Å². The molecular weight excluding hydrogens is 422 g/mol. The highest BCUT2D eigenvalue weighted by Crippen LogP contribution is 2.42. The minimum absolute atomic E-state index is 0.0258. The number of hydrogen-bond donors (Lipinski definition) is 0. The van der Waals surface area contributed by atoms with Crippen LogP contribution in [0.25, 0.3) is 0 Å². The Bertz CT molecular complexity index is 830. The summed E-state index contributed by atoms with van der Waals surface area (Å²) in [7, 11) is 0. The largest absolute Gasteiger partial charge is 0.487 e. The number of carbonyl (C=O) groups excluding carboxylic acids is 1. The van der Waals surface area contributed by atoms with Gasteiger partial charge in [0.1, 0.15) is 38.1 Å². The molecule has 32 heavy (non-hydrogen) atoms. The Morgan fingerprint density at radius 2 is 1.19 bits per heavy atom. The number of amides is 1. The van der Waals surface area contributed by atoms with Crippen molar-refractivity contribution in [2.45, 2.75) is 30.5 Å². The average Bonchev–Trinajstić information content (AvgIpc) is 3.61. The molecule has 10 heteroatoms. The maximum atomic E-state index is 13.6. The van der Waals surface area contributed by atoms with E-state index in [0.29, 0.717) is 88.8 Å². The minimum atomic E-state index is -0.146. The van der Waals surface area contributed by atoms with E-state index in [1.165, 1.54) is 0 Å². The molecule has 5 unspecified atom stereocenters. The van der Waals surface area contributed by atoms with E-state index < -0.39 is 0 Å². The van der Waals surface area contributed by atoms with Gasteiger partial charge in [-0.2, -0.15) is 0 Å². The van der Waals surface area contributed by atoms with E-state index in [0.717, 1.165) is 0 Å². The number of rotatable bonds is 14. The molecule has 1 aromatic carbocycles. The van der Waals surface area contributed by atoms with Gasteiger partial charge in [0.25, 0.3) is 5.91 Å². The maximum Gasteiger partial charge on any atom is 0.257 e. The van der Waals surface area contributed by atoms with Crippen LogP contribution in [0.4, 0.5) is 0 Å². The van der Waals surface area contributed by atoms with Gasteiger partial charge in [-0.25, -0.2) is 0 Å². The third-order valence-electron chi connectivity index (χ3n) is 5.71. The fourth-order valence-corrected chi connectivity index (χ4v) is 3.38. The van der Waals surface area contributed by atoms with E-state index in [2.05, 4.69) is 0 Å². The van der Waals surface area contributed by atoms with E-state index in [4.69, 9.17) is 37.9 Å². The molecule has 5 heterocycles. The topological polar surface area (TPSA) is 111 Å². The van der Waals surface area contributed by atoms with Crippen molar-refractivity contribution in [2.75, 3.05) is 65.9 Å². The molecule has 0 saturated carbocycles. The average molecular weight is 449 g/mol. The zero-order valence-corrected chi connectivity index (χ0v) is 17.7. The Morgan fingerprint density at radius 3 is 1.69 bits per heavy atom. The highest BCUT2D eigenvalue weighted by atomic mass is 16.6. The van der Waals surface area contributed by atoms with Gasteiger partial charge in [-0.3, -0.25) is 4.79 Å². The van der Waals surface area contributed by atoms with Gasteiger partial charge in [-0.05, 0) is 12.1 Å². The third kappa shape index (κ3) is 5.44.